The Labute approximate surface area is 201 Å². The summed E-state index contributed by atoms with van der Waals surface area (Å²) in [5, 5.41) is 5.57. The van der Waals surface area contributed by atoms with Gasteiger partial charge < -0.3 is 25.8 Å². The zero-order valence-electron chi connectivity index (χ0n) is 18.9. The topological polar surface area (TPSA) is 125 Å². The summed E-state index contributed by atoms with van der Waals surface area (Å²) in [5.41, 5.74) is 6.54. The van der Waals surface area contributed by atoms with E-state index in [9.17, 15) is 18.8 Å². The van der Waals surface area contributed by atoms with Crippen molar-refractivity contribution in [3.8, 4) is 0 Å². The van der Waals surface area contributed by atoms with Crippen LogP contribution in [0.25, 0.3) is 10.9 Å². The molecule has 2 amide bonds. The third-order valence-electron chi connectivity index (χ3n) is 4.73. The molecule has 0 aliphatic rings. The highest BCUT2D eigenvalue weighted by molar-refractivity contribution is 6.07. The molecule has 4 N–H and O–H groups in total. The molecule has 3 aromatic rings. The number of rotatable bonds is 6. The molecule has 1 heterocycles. The van der Waals surface area contributed by atoms with Crippen molar-refractivity contribution < 1.29 is 28.2 Å². The van der Waals surface area contributed by atoms with Crippen LogP contribution in [0.3, 0.4) is 0 Å². The number of carbonyl (C=O) groups excluding carboxylic acids is 3. The van der Waals surface area contributed by atoms with Crippen molar-refractivity contribution in [2.75, 3.05) is 17.4 Å². The van der Waals surface area contributed by atoms with Crippen molar-refractivity contribution in [1.29, 1.82) is 0 Å². The third-order valence-corrected chi connectivity index (χ3v) is 4.73. The Morgan fingerprint density at radius 1 is 1.06 bits per heavy atom. The maximum Gasteiger partial charge on any atom is 0.421 e. The van der Waals surface area contributed by atoms with E-state index in [1.54, 1.807) is 12.1 Å². The van der Waals surface area contributed by atoms with Gasteiger partial charge in [0.25, 0.3) is 0 Å². The van der Waals surface area contributed by atoms with Crippen LogP contribution in [0.15, 0.2) is 48.7 Å². The Kier molecular flexibility index (Phi) is 8.61. The summed E-state index contributed by atoms with van der Waals surface area (Å²) < 4.78 is 24.7. The van der Waals surface area contributed by atoms with Crippen molar-refractivity contribution in [2.24, 2.45) is 5.73 Å². The summed E-state index contributed by atoms with van der Waals surface area (Å²) in [7, 11) is 0. The predicted molar refractivity (Wildman–Crippen MR) is 129 cm³/mol. The lowest BCUT2D eigenvalue weighted by atomic mass is 10.1. The molecule has 3 rings (SSSR count). The monoisotopic (exact) mass is 492 g/mol. The highest BCUT2D eigenvalue weighted by Crippen LogP contribution is 2.27. The van der Waals surface area contributed by atoms with Crippen LogP contribution in [0, 0.1) is 5.82 Å². The molecule has 0 atom stereocenters. The Balaban J connectivity index is 0.00000408. The third kappa shape index (κ3) is 6.46. The molecule has 0 aliphatic heterocycles. The van der Waals surface area contributed by atoms with Gasteiger partial charge >= 0.3 is 18.1 Å². The summed E-state index contributed by atoms with van der Waals surface area (Å²) in [6.45, 7) is 4.27. The molecule has 182 valence electrons. The average Bonchev–Trinajstić information content (AvgIpc) is 3.10. The smallest absolute Gasteiger partial charge is 0.421 e. The van der Waals surface area contributed by atoms with Gasteiger partial charge in [-0.2, -0.15) is 0 Å². The number of halogens is 2. The van der Waals surface area contributed by atoms with Crippen LogP contribution >= 0.6 is 12.4 Å². The fourth-order valence-corrected chi connectivity index (χ4v) is 2.95. The number of ether oxygens (including phenoxy) is 2. The largest absolute Gasteiger partial charge is 0.426 e. The van der Waals surface area contributed by atoms with Gasteiger partial charge in [0, 0.05) is 17.3 Å². The molecule has 2 aromatic carbocycles. The predicted octanol–water partition coefficient (Wildman–Crippen LogP) is 4.63. The van der Waals surface area contributed by atoms with Crippen molar-refractivity contribution >= 4 is 52.8 Å². The summed E-state index contributed by atoms with van der Waals surface area (Å²) in [5.74, 6) is -1.30. The van der Waals surface area contributed by atoms with E-state index >= 15 is 0 Å². The second kappa shape index (κ2) is 11.0. The number of fused-ring (bicyclic) bond motifs is 1. The molecule has 34 heavy (non-hydrogen) atoms. The van der Waals surface area contributed by atoms with E-state index in [0.29, 0.717) is 5.69 Å². The molecule has 0 saturated carbocycles. The van der Waals surface area contributed by atoms with Gasteiger partial charge in [0.05, 0.1) is 11.2 Å². The number of amides is 2. The zero-order valence-corrected chi connectivity index (χ0v) is 19.7. The number of esters is 1. The molecule has 0 fully saturated rings. The molecule has 1 aromatic heterocycles. The van der Waals surface area contributed by atoms with Crippen LogP contribution in [-0.4, -0.2) is 35.0 Å². The van der Waals surface area contributed by atoms with Crippen LogP contribution in [0.1, 0.15) is 26.3 Å². The van der Waals surface area contributed by atoms with Crippen LogP contribution in [0.5, 0.6) is 0 Å². The Morgan fingerprint density at radius 2 is 1.74 bits per heavy atom. The van der Waals surface area contributed by atoms with Crippen molar-refractivity contribution in [1.82, 2.24) is 4.57 Å². The Bertz CT molecular complexity index is 1190. The van der Waals surface area contributed by atoms with Gasteiger partial charge in [-0.3, -0.25) is 4.57 Å². The highest BCUT2D eigenvalue weighted by Gasteiger charge is 2.24. The maximum atomic E-state index is 13.9. The number of benzene rings is 2. The number of carbonyl (C=O) groups is 3. The Hall–Kier alpha value is -3.63. The molecular formula is C23H26ClFN4O5. The fraction of sp³-hybridized carbons (Fsp3) is 0.261. The van der Waals surface area contributed by atoms with Crippen LogP contribution in [0.2, 0.25) is 0 Å². The van der Waals surface area contributed by atoms with Crippen molar-refractivity contribution in [3.05, 3.63) is 60.0 Å². The van der Waals surface area contributed by atoms with Crippen molar-refractivity contribution in [2.45, 2.75) is 32.7 Å². The van der Waals surface area contributed by atoms with Gasteiger partial charge in [0.15, 0.2) is 0 Å². The number of hydrogen-bond acceptors (Lipinski definition) is 6. The minimum absolute atomic E-state index is 0. The van der Waals surface area contributed by atoms with Gasteiger partial charge in [-0.1, -0.05) is 19.1 Å². The number of hydrogen-bond donors (Lipinski definition) is 3. The number of aryl methyl sites for hydroxylation is 1. The second-order valence-corrected chi connectivity index (χ2v) is 7.89. The number of nitrogens with two attached hydrogens (primary N) is 1. The summed E-state index contributed by atoms with van der Waals surface area (Å²) in [6.07, 6.45) is 1.27. The van der Waals surface area contributed by atoms with Gasteiger partial charge in [-0.15, -0.1) is 12.4 Å². The van der Waals surface area contributed by atoms with Gasteiger partial charge in [0.2, 0.25) is 6.79 Å². The summed E-state index contributed by atoms with van der Waals surface area (Å²) in [6, 6.07) is 10.5. The second-order valence-electron chi connectivity index (χ2n) is 7.89. The maximum absolute atomic E-state index is 13.9. The van der Waals surface area contributed by atoms with Gasteiger partial charge in [-0.25, -0.2) is 18.8 Å². The quantitative estimate of drug-likeness (QED) is 0.340. The van der Waals surface area contributed by atoms with Gasteiger partial charge in [0.1, 0.15) is 11.4 Å². The molecular weight excluding hydrogens is 467 g/mol. The van der Waals surface area contributed by atoms with E-state index in [0.717, 1.165) is 16.6 Å². The zero-order chi connectivity index (χ0) is 24.2. The lowest BCUT2D eigenvalue weighted by Gasteiger charge is -2.16. The number of aromatic nitrogens is 1. The van der Waals surface area contributed by atoms with Crippen molar-refractivity contribution in [3.63, 3.8) is 0 Å². The van der Waals surface area contributed by atoms with E-state index in [4.69, 9.17) is 15.2 Å². The average molecular weight is 493 g/mol. The molecule has 0 spiro atoms. The van der Waals surface area contributed by atoms with E-state index in [1.807, 2.05) is 19.1 Å². The summed E-state index contributed by atoms with van der Waals surface area (Å²) in [4.78, 5) is 36.7. The van der Waals surface area contributed by atoms with Gasteiger partial charge in [-0.05, 0) is 56.2 Å². The number of nitrogens with zero attached hydrogens (tertiary/aromatic N) is 1. The molecule has 0 bridgehead atoms. The minimum atomic E-state index is -1.24. The Morgan fingerprint density at radius 3 is 2.35 bits per heavy atom. The lowest BCUT2D eigenvalue weighted by molar-refractivity contribution is -0.157. The van der Waals surface area contributed by atoms with Crippen LogP contribution in [-0.2, 0) is 20.7 Å². The fourth-order valence-electron chi connectivity index (χ4n) is 2.95. The molecule has 0 unspecified atom stereocenters. The van der Waals surface area contributed by atoms with E-state index in [2.05, 4.69) is 10.6 Å². The minimum Gasteiger partial charge on any atom is -0.426 e. The first-order valence-electron chi connectivity index (χ1n) is 10.2. The van der Waals surface area contributed by atoms with E-state index in [1.165, 1.54) is 38.2 Å². The first kappa shape index (κ1) is 26.6. The lowest BCUT2D eigenvalue weighted by Crippen LogP contribution is -2.43. The van der Waals surface area contributed by atoms with Crippen LogP contribution < -0.4 is 16.4 Å². The normalized spacial score (nSPS) is 10.9. The first-order chi connectivity index (χ1) is 15.6. The molecule has 9 nitrogen and oxygen atoms in total. The molecule has 0 aliphatic carbocycles. The SMILES string of the molecule is CCc1ccc(NC(=O)Nc2cn(C(=O)OCOC(=O)C(C)(C)N)c3ccc(F)cc23)cc1.Cl. The summed E-state index contributed by atoms with van der Waals surface area (Å²) >= 11 is 0. The number of nitrogens with one attached hydrogen (secondary N) is 2. The first-order valence-corrected chi connectivity index (χ1v) is 10.2. The van der Waals surface area contributed by atoms with E-state index in [-0.39, 0.29) is 29.0 Å². The van der Waals surface area contributed by atoms with E-state index < -0.39 is 36.2 Å². The number of anilines is 2. The number of urea groups is 1. The highest BCUT2D eigenvalue weighted by atomic mass is 35.5. The molecule has 0 saturated heterocycles. The molecule has 0 radical (unpaired) electrons. The standard InChI is InChI=1S/C23H25FN4O5.ClH/c1-4-14-5-8-16(9-6-14)26-21(30)27-18-12-28(19-10-7-15(24)11-17(18)19)22(31)33-13-32-20(29)23(2,3)25;/h5-12H,4,13,25H2,1-3H3,(H2,26,27,30);1H. The molecule has 11 heteroatoms. The van der Waals surface area contributed by atoms with Crippen LogP contribution in [0.4, 0.5) is 25.4 Å².